The number of hydrogen-bond donors (Lipinski definition) is 1. The molecule has 0 spiro atoms. The minimum absolute atomic E-state index is 0.297. The third-order valence-electron chi connectivity index (χ3n) is 5.97. The quantitative estimate of drug-likeness (QED) is 0.746. The molecule has 1 N–H and O–H groups in total. The topological polar surface area (TPSA) is 55.9 Å². The number of pyridine rings is 1. The molecule has 0 aromatic carbocycles. The molecule has 0 aliphatic heterocycles. The fourth-order valence-electron chi connectivity index (χ4n) is 4.15. The van der Waals surface area contributed by atoms with Crippen LogP contribution in [0.25, 0.3) is 22.3 Å². The van der Waals surface area contributed by atoms with Crippen molar-refractivity contribution < 1.29 is 5.11 Å². The Labute approximate surface area is 153 Å². The van der Waals surface area contributed by atoms with Crippen molar-refractivity contribution in [2.24, 2.45) is 5.92 Å². The van der Waals surface area contributed by atoms with Crippen LogP contribution in [0.1, 0.15) is 63.2 Å². The minimum atomic E-state index is 0.297. The molecular weight excluding hydrogens is 324 g/mol. The Morgan fingerprint density at radius 3 is 2.69 bits per heavy atom. The van der Waals surface area contributed by atoms with Gasteiger partial charge in [0.25, 0.3) is 0 Å². The van der Waals surface area contributed by atoms with E-state index in [9.17, 15) is 5.11 Å². The number of nitrogens with zero attached hydrogens (tertiary/aromatic N) is 4. The van der Waals surface area contributed by atoms with Gasteiger partial charge in [0.2, 0.25) is 0 Å². The lowest BCUT2D eigenvalue weighted by molar-refractivity contribution is 0.105. The van der Waals surface area contributed by atoms with Crippen LogP contribution in [-0.4, -0.2) is 31.0 Å². The maximum Gasteiger partial charge on any atom is 0.0888 e. The third kappa shape index (κ3) is 2.57. The molecule has 5 rings (SSSR count). The second-order valence-electron chi connectivity index (χ2n) is 8.27. The molecule has 2 saturated carbocycles. The molecule has 0 saturated heterocycles. The van der Waals surface area contributed by atoms with Crippen LogP contribution in [-0.2, 0) is 0 Å². The maximum absolute atomic E-state index is 9.29. The van der Waals surface area contributed by atoms with Crippen molar-refractivity contribution in [3.8, 4) is 11.3 Å². The van der Waals surface area contributed by atoms with E-state index < -0.39 is 0 Å². The summed E-state index contributed by atoms with van der Waals surface area (Å²) in [6.45, 7) is 4.69. The first-order chi connectivity index (χ1) is 12.6. The standard InChI is InChI=1S/C21H26N4O/c1-13(2)24-8-7-19-20(24)6-5-18(22-19)17-11-25(16-9-14(10-16)12-26)23-21(17)15-3-4-15/h5-8,11,13-16,26H,3-4,9-10,12H2,1-2H3. The van der Waals surface area contributed by atoms with Gasteiger partial charge in [-0.1, -0.05) is 0 Å². The van der Waals surface area contributed by atoms with Crippen LogP contribution in [0.2, 0.25) is 0 Å². The summed E-state index contributed by atoms with van der Waals surface area (Å²) in [7, 11) is 0. The van der Waals surface area contributed by atoms with Crippen molar-refractivity contribution in [3.05, 3.63) is 36.3 Å². The smallest absolute Gasteiger partial charge is 0.0888 e. The zero-order chi connectivity index (χ0) is 17.8. The van der Waals surface area contributed by atoms with Gasteiger partial charge < -0.3 is 9.67 Å². The fourth-order valence-corrected chi connectivity index (χ4v) is 4.15. The lowest BCUT2D eigenvalue weighted by atomic mass is 9.81. The molecule has 0 radical (unpaired) electrons. The van der Waals surface area contributed by atoms with Crippen molar-refractivity contribution >= 4 is 11.0 Å². The second-order valence-corrected chi connectivity index (χ2v) is 8.27. The highest BCUT2D eigenvalue weighted by Gasteiger charge is 2.34. The summed E-state index contributed by atoms with van der Waals surface area (Å²) in [6.07, 6.45) is 8.86. The normalized spacial score (nSPS) is 22.9. The van der Waals surface area contributed by atoms with E-state index in [1.54, 1.807) is 0 Å². The first-order valence-corrected chi connectivity index (χ1v) is 9.82. The molecule has 5 heteroatoms. The van der Waals surface area contributed by atoms with Crippen molar-refractivity contribution in [3.63, 3.8) is 0 Å². The lowest BCUT2D eigenvalue weighted by Gasteiger charge is -2.34. The van der Waals surface area contributed by atoms with Gasteiger partial charge in [-0.2, -0.15) is 5.10 Å². The number of hydrogen-bond acceptors (Lipinski definition) is 3. The molecule has 0 atom stereocenters. The monoisotopic (exact) mass is 350 g/mol. The van der Waals surface area contributed by atoms with Gasteiger partial charge in [0.05, 0.1) is 28.5 Å². The summed E-state index contributed by atoms with van der Waals surface area (Å²) in [6, 6.07) is 7.31. The molecule has 3 aromatic rings. The summed E-state index contributed by atoms with van der Waals surface area (Å²) in [5, 5.41) is 14.2. The Morgan fingerprint density at radius 2 is 2.00 bits per heavy atom. The van der Waals surface area contributed by atoms with Gasteiger partial charge >= 0.3 is 0 Å². The molecule has 3 aromatic heterocycles. The number of fused-ring (bicyclic) bond motifs is 1. The van der Waals surface area contributed by atoms with E-state index in [4.69, 9.17) is 10.1 Å². The van der Waals surface area contributed by atoms with Crippen LogP contribution < -0.4 is 0 Å². The zero-order valence-electron chi connectivity index (χ0n) is 15.5. The van der Waals surface area contributed by atoms with Crippen molar-refractivity contribution in [2.75, 3.05) is 6.61 Å². The minimum Gasteiger partial charge on any atom is -0.396 e. The summed E-state index contributed by atoms with van der Waals surface area (Å²) >= 11 is 0. The number of aliphatic hydroxyl groups is 1. The van der Waals surface area contributed by atoms with E-state index in [2.05, 4.69) is 53.7 Å². The highest BCUT2D eigenvalue weighted by molar-refractivity contribution is 5.80. The van der Waals surface area contributed by atoms with Crippen LogP contribution in [0.15, 0.2) is 30.6 Å². The molecule has 26 heavy (non-hydrogen) atoms. The first-order valence-electron chi connectivity index (χ1n) is 9.82. The van der Waals surface area contributed by atoms with Gasteiger partial charge in [-0.3, -0.25) is 4.68 Å². The van der Waals surface area contributed by atoms with Gasteiger partial charge in [-0.25, -0.2) is 4.98 Å². The second kappa shape index (κ2) is 5.95. The van der Waals surface area contributed by atoms with Crippen molar-refractivity contribution in [2.45, 2.75) is 57.5 Å². The molecule has 0 amide bonds. The highest BCUT2D eigenvalue weighted by atomic mass is 16.3. The Kier molecular flexibility index (Phi) is 3.67. The molecule has 136 valence electrons. The van der Waals surface area contributed by atoms with E-state index in [0.717, 1.165) is 24.1 Å². The molecule has 2 aliphatic rings. The average molecular weight is 350 g/mol. The van der Waals surface area contributed by atoms with Gasteiger partial charge in [0.1, 0.15) is 0 Å². The Bertz CT molecular complexity index is 944. The molecule has 0 bridgehead atoms. The predicted molar refractivity (Wildman–Crippen MR) is 102 cm³/mol. The van der Waals surface area contributed by atoms with Gasteiger partial charge in [-0.15, -0.1) is 0 Å². The molecular formula is C21H26N4O. The number of aromatic nitrogens is 4. The molecule has 3 heterocycles. The summed E-state index contributed by atoms with van der Waals surface area (Å²) in [5.74, 6) is 1.04. The molecule has 5 nitrogen and oxygen atoms in total. The Morgan fingerprint density at radius 1 is 1.19 bits per heavy atom. The van der Waals surface area contributed by atoms with E-state index in [0.29, 0.717) is 30.5 Å². The molecule has 0 unspecified atom stereocenters. The third-order valence-corrected chi connectivity index (χ3v) is 5.97. The van der Waals surface area contributed by atoms with E-state index in [-0.39, 0.29) is 0 Å². The fraction of sp³-hybridized carbons (Fsp3) is 0.524. The number of rotatable bonds is 5. The van der Waals surface area contributed by atoms with Crippen molar-refractivity contribution in [1.82, 2.24) is 19.3 Å². The summed E-state index contributed by atoms with van der Waals surface area (Å²) < 4.78 is 4.40. The first kappa shape index (κ1) is 16.1. The van der Waals surface area contributed by atoms with Crippen LogP contribution in [0.4, 0.5) is 0 Å². The summed E-state index contributed by atoms with van der Waals surface area (Å²) in [5.41, 5.74) is 5.68. The SMILES string of the molecule is CC(C)n1ccc2nc(-c3cn(C4CC(CO)C4)nc3C3CC3)ccc21. The van der Waals surface area contributed by atoms with E-state index in [1.165, 1.54) is 29.6 Å². The van der Waals surface area contributed by atoms with Gasteiger partial charge in [0, 0.05) is 36.5 Å². The van der Waals surface area contributed by atoms with Crippen LogP contribution in [0.3, 0.4) is 0 Å². The molecule has 2 aliphatic carbocycles. The van der Waals surface area contributed by atoms with Crippen molar-refractivity contribution in [1.29, 1.82) is 0 Å². The number of aliphatic hydroxyl groups excluding tert-OH is 1. The van der Waals surface area contributed by atoms with E-state index >= 15 is 0 Å². The summed E-state index contributed by atoms with van der Waals surface area (Å²) in [4.78, 5) is 4.95. The van der Waals surface area contributed by atoms with Gasteiger partial charge in [-0.05, 0) is 63.6 Å². The predicted octanol–water partition coefficient (Wildman–Crippen LogP) is 4.30. The Hall–Kier alpha value is -2.14. The average Bonchev–Trinajstić information content (AvgIpc) is 3.20. The zero-order valence-corrected chi connectivity index (χ0v) is 15.5. The lowest BCUT2D eigenvalue weighted by Crippen LogP contribution is -2.29. The largest absolute Gasteiger partial charge is 0.396 e. The van der Waals surface area contributed by atoms with Gasteiger partial charge in [0.15, 0.2) is 0 Å². The van der Waals surface area contributed by atoms with Crippen LogP contribution >= 0.6 is 0 Å². The van der Waals surface area contributed by atoms with Crippen LogP contribution in [0, 0.1) is 5.92 Å². The highest BCUT2D eigenvalue weighted by Crippen LogP contribution is 2.45. The van der Waals surface area contributed by atoms with Crippen LogP contribution in [0.5, 0.6) is 0 Å². The van der Waals surface area contributed by atoms with E-state index in [1.807, 2.05) is 0 Å². The molecule has 2 fully saturated rings. The Balaban J connectivity index is 1.52. The maximum atomic E-state index is 9.29.